The Kier molecular flexibility index (Phi) is 28.3. The number of aliphatic carboxylic acids is 2. The van der Waals surface area contributed by atoms with Crippen molar-refractivity contribution in [1.29, 1.82) is 0 Å². The summed E-state index contributed by atoms with van der Waals surface area (Å²) in [6.07, 6.45) is 24.3. The Labute approximate surface area is 243 Å². The molecule has 2 N–H and O–H groups in total. The Hall–Kier alpha value is -2.12. The third-order valence-corrected chi connectivity index (χ3v) is 7.11. The summed E-state index contributed by atoms with van der Waals surface area (Å²) in [5.41, 5.74) is 0. The molecule has 0 heterocycles. The van der Waals surface area contributed by atoms with Crippen LogP contribution in [0.2, 0.25) is 0 Å². The molecule has 0 radical (unpaired) electrons. The van der Waals surface area contributed by atoms with E-state index >= 15 is 0 Å². The molecule has 0 bridgehead atoms. The SMILES string of the molecule is O=C(O)CCCCCCCCCCCCC(=O)OCCCCOC(=O)CCCCCCCCCCCCC(=O)O. The van der Waals surface area contributed by atoms with Crippen LogP contribution in [0.1, 0.15) is 167 Å². The summed E-state index contributed by atoms with van der Waals surface area (Å²) in [4.78, 5) is 44.6. The third-order valence-electron chi connectivity index (χ3n) is 7.11. The van der Waals surface area contributed by atoms with Crippen molar-refractivity contribution in [3.63, 3.8) is 0 Å². The third kappa shape index (κ3) is 32.1. The van der Waals surface area contributed by atoms with Crippen molar-refractivity contribution in [2.45, 2.75) is 167 Å². The highest BCUT2D eigenvalue weighted by Crippen LogP contribution is 2.13. The van der Waals surface area contributed by atoms with Gasteiger partial charge >= 0.3 is 23.9 Å². The number of carbonyl (C=O) groups excluding carboxylic acids is 2. The molecule has 0 aliphatic rings. The van der Waals surface area contributed by atoms with E-state index in [4.69, 9.17) is 19.7 Å². The Morgan fingerprint density at radius 1 is 0.325 bits per heavy atom. The molecular formula is C32H58O8. The van der Waals surface area contributed by atoms with Crippen LogP contribution >= 0.6 is 0 Å². The van der Waals surface area contributed by atoms with Crippen LogP contribution in [-0.4, -0.2) is 47.3 Å². The maximum atomic E-state index is 11.8. The van der Waals surface area contributed by atoms with Crippen LogP contribution in [0.3, 0.4) is 0 Å². The fourth-order valence-electron chi connectivity index (χ4n) is 4.64. The van der Waals surface area contributed by atoms with Gasteiger partial charge in [-0.1, -0.05) is 103 Å². The van der Waals surface area contributed by atoms with E-state index < -0.39 is 11.9 Å². The molecule has 40 heavy (non-hydrogen) atoms. The number of carboxylic acids is 2. The van der Waals surface area contributed by atoms with E-state index in [0.717, 1.165) is 77.0 Å². The summed E-state index contributed by atoms with van der Waals surface area (Å²) in [5.74, 6) is -1.70. The first kappa shape index (κ1) is 37.9. The Morgan fingerprint density at radius 2 is 0.550 bits per heavy atom. The molecule has 8 nitrogen and oxygen atoms in total. The van der Waals surface area contributed by atoms with E-state index in [2.05, 4.69) is 0 Å². The summed E-state index contributed by atoms with van der Waals surface area (Å²) >= 11 is 0. The smallest absolute Gasteiger partial charge is 0.305 e. The monoisotopic (exact) mass is 570 g/mol. The van der Waals surface area contributed by atoms with Gasteiger partial charge in [-0.2, -0.15) is 0 Å². The summed E-state index contributed by atoms with van der Waals surface area (Å²) in [6, 6.07) is 0. The van der Waals surface area contributed by atoms with Gasteiger partial charge in [0.15, 0.2) is 0 Å². The van der Waals surface area contributed by atoms with Crippen LogP contribution in [0.5, 0.6) is 0 Å². The van der Waals surface area contributed by atoms with Crippen molar-refractivity contribution in [2.24, 2.45) is 0 Å². The topological polar surface area (TPSA) is 127 Å². The highest BCUT2D eigenvalue weighted by molar-refractivity contribution is 5.69. The van der Waals surface area contributed by atoms with Crippen molar-refractivity contribution < 1.29 is 38.9 Å². The molecule has 234 valence electrons. The van der Waals surface area contributed by atoms with Crippen LogP contribution in [0.25, 0.3) is 0 Å². The molecule has 0 aromatic rings. The van der Waals surface area contributed by atoms with Crippen LogP contribution < -0.4 is 0 Å². The van der Waals surface area contributed by atoms with E-state index in [1.165, 1.54) is 51.4 Å². The first-order chi connectivity index (χ1) is 19.4. The lowest BCUT2D eigenvalue weighted by Crippen LogP contribution is -2.08. The zero-order valence-corrected chi connectivity index (χ0v) is 25.1. The first-order valence-corrected chi connectivity index (χ1v) is 16.2. The van der Waals surface area contributed by atoms with Crippen LogP contribution in [-0.2, 0) is 28.7 Å². The second-order valence-electron chi connectivity index (χ2n) is 11.0. The van der Waals surface area contributed by atoms with Gasteiger partial charge in [-0.05, 0) is 38.5 Å². The number of carboxylic acid groups (broad SMARTS) is 2. The summed E-state index contributed by atoms with van der Waals surface area (Å²) in [5, 5.41) is 17.2. The summed E-state index contributed by atoms with van der Waals surface area (Å²) in [7, 11) is 0. The number of hydrogen-bond donors (Lipinski definition) is 2. The molecule has 0 aromatic carbocycles. The van der Waals surface area contributed by atoms with Gasteiger partial charge in [-0.25, -0.2) is 0 Å². The number of ether oxygens (including phenoxy) is 2. The molecule has 0 rings (SSSR count). The van der Waals surface area contributed by atoms with Crippen LogP contribution in [0, 0.1) is 0 Å². The molecule has 0 saturated carbocycles. The number of unbranched alkanes of at least 4 members (excludes halogenated alkanes) is 19. The van der Waals surface area contributed by atoms with Gasteiger partial charge in [0.1, 0.15) is 0 Å². The van der Waals surface area contributed by atoms with Crippen LogP contribution in [0.4, 0.5) is 0 Å². The number of hydrogen-bond acceptors (Lipinski definition) is 6. The average molecular weight is 571 g/mol. The summed E-state index contributed by atoms with van der Waals surface area (Å²) < 4.78 is 10.5. The van der Waals surface area contributed by atoms with E-state index in [9.17, 15) is 19.2 Å². The molecule has 0 spiro atoms. The highest BCUT2D eigenvalue weighted by Gasteiger charge is 2.05. The van der Waals surface area contributed by atoms with Crippen molar-refractivity contribution in [3.05, 3.63) is 0 Å². The fraction of sp³-hybridized carbons (Fsp3) is 0.875. The summed E-state index contributed by atoms with van der Waals surface area (Å²) in [6.45, 7) is 0.760. The molecule has 0 saturated heterocycles. The molecule has 0 aromatic heterocycles. The number of esters is 2. The second-order valence-corrected chi connectivity index (χ2v) is 11.0. The zero-order valence-electron chi connectivity index (χ0n) is 25.1. The van der Waals surface area contributed by atoms with Crippen molar-refractivity contribution in [2.75, 3.05) is 13.2 Å². The van der Waals surface area contributed by atoms with E-state index in [1.54, 1.807) is 0 Å². The molecule has 0 aliphatic heterocycles. The standard InChI is InChI=1S/C32H58O8/c33-29(34)23-17-13-9-5-1-3-7-11-15-19-25-31(37)39-27-21-22-28-40-32(38)26-20-16-12-8-4-2-6-10-14-18-24-30(35)36/h1-28H2,(H,33,34)(H,35,36). The lowest BCUT2D eigenvalue weighted by atomic mass is 10.1. The van der Waals surface area contributed by atoms with Crippen molar-refractivity contribution >= 4 is 23.9 Å². The predicted molar refractivity (Wildman–Crippen MR) is 157 cm³/mol. The Balaban J connectivity index is 3.28. The quantitative estimate of drug-likeness (QED) is 0.0628. The van der Waals surface area contributed by atoms with E-state index in [0.29, 0.717) is 38.9 Å². The molecule has 0 unspecified atom stereocenters. The number of rotatable bonds is 31. The fourth-order valence-corrected chi connectivity index (χ4v) is 4.64. The highest BCUT2D eigenvalue weighted by atomic mass is 16.5. The average Bonchev–Trinajstić information content (AvgIpc) is 2.91. The van der Waals surface area contributed by atoms with Gasteiger partial charge in [0.2, 0.25) is 0 Å². The molecule has 0 aliphatic carbocycles. The maximum absolute atomic E-state index is 11.8. The lowest BCUT2D eigenvalue weighted by Gasteiger charge is -2.07. The second kappa shape index (κ2) is 29.9. The van der Waals surface area contributed by atoms with Gasteiger partial charge < -0.3 is 19.7 Å². The van der Waals surface area contributed by atoms with Gasteiger partial charge in [0, 0.05) is 25.7 Å². The van der Waals surface area contributed by atoms with Gasteiger partial charge in [-0.15, -0.1) is 0 Å². The van der Waals surface area contributed by atoms with Gasteiger partial charge in [-0.3, -0.25) is 19.2 Å². The lowest BCUT2D eigenvalue weighted by molar-refractivity contribution is -0.146. The zero-order chi connectivity index (χ0) is 29.5. The Morgan fingerprint density at radius 3 is 0.800 bits per heavy atom. The molecule has 8 heteroatoms. The predicted octanol–water partition coefficient (Wildman–Crippen LogP) is 8.38. The minimum Gasteiger partial charge on any atom is -0.481 e. The minimum absolute atomic E-state index is 0.144. The molecule has 0 fully saturated rings. The molecule has 0 amide bonds. The molecule has 0 atom stereocenters. The maximum Gasteiger partial charge on any atom is 0.305 e. The van der Waals surface area contributed by atoms with Gasteiger partial charge in [0.05, 0.1) is 13.2 Å². The largest absolute Gasteiger partial charge is 0.481 e. The number of carbonyl (C=O) groups is 4. The van der Waals surface area contributed by atoms with Crippen molar-refractivity contribution in [3.8, 4) is 0 Å². The molecular weight excluding hydrogens is 512 g/mol. The first-order valence-electron chi connectivity index (χ1n) is 16.2. The minimum atomic E-state index is -0.705. The normalized spacial score (nSPS) is 10.9. The Bertz CT molecular complexity index is 580. The van der Waals surface area contributed by atoms with E-state index in [1.807, 2.05) is 0 Å². The van der Waals surface area contributed by atoms with Crippen molar-refractivity contribution in [1.82, 2.24) is 0 Å². The van der Waals surface area contributed by atoms with Gasteiger partial charge in [0.25, 0.3) is 0 Å². The van der Waals surface area contributed by atoms with E-state index in [-0.39, 0.29) is 24.8 Å². The van der Waals surface area contributed by atoms with Crippen LogP contribution in [0.15, 0.2) is 0 Å².